The number of aromatic nitrogens is 1. The van der Waals surface area contributed by atoms with Crippen molar-refractivity contribution in [3.63, 3.8) is 0 Å². The summed E-state index contributed by atoms with van der Waals surface area (Å²) in [6.45, 7) is 1.54. The lowest BCUT2D eigenvalue weighted by atomic mass is 10.1. The number of carboxylic acids is 1. The quantitative estimate of drug-likeness (QED) is 0.827. The number of carboxylic acid groups (broad SMARTS) is 1. The van der Waals surface area contributed by atoms with Crippen molar-refractivity contribution in [1.82, 2.24) is 9.88 Å². The lowest BCUT2D eigenvalue weighted by Gasteiger charge is -2.10. The van der Waals surface area contributed by atoms with E-state index in [1.165, 1.54) is 18.3 Å². The second kappa shape index (κ2) is 5.96. The third-order valence-corrected chi connectivity index (χ3v) is 5.43. The number of halogens is 1. The van der Waals surface area contributed by atoms with Crippen LogP contribution in [0.4, 0.5) is 0 Å². The molecular formula is C12H11BrN2O5S. The van der Waals surface area contributed by atoms with Crippen LogP contribution in [0.25, 0.3) is 0 Å². The number of hydrogen-bond donors (Lipinski definition) is 2. The third kappa shape index (κ3) is 3.49. The van der Waals surface area contributed by atoms with Crippen LogP contribution in [0.5, 0.6) is 0 Å². The average Bonchev–Trinajstić information content (AvgIpc) is 2.92. The summed E-state index contributed by atoms with van der Waals surface area (Å²) in [6.07, 6.45) is 1.40. The van der Waals surface area contributed by atoms with E-state index in [-0.39, 0.29) is 17.0 Å². The molecule has 0 aliphatic rings. The fourth-order valence-corrected chi connectivity index (χ4v) is 3.67. The molecule has 2 aromatic rings. The predicted molar refractivity (Wildman–Crippen MR) is 76.4 cm³/mol. The number of sulfonamides is 1. The number of hydrogen-bond acceptors (Lipinski definition) is 5. The zero-order valence-electron chi connectivity index (χ0n) is 10.8. The highest BCUT2D eigenvalue weighted by Crippen LogP contribution is 2.27. The van der Waals surface area contributed by atoms with E-state index in [1.807, 2.05) is 0 Å². The second-order valence-corrected chi connectivity index (χ2v) is 6.74. The van der Waals surface area contributed by atoms with Crippen LogP contribution in [0, 0.1) is 6.92 Å². The van der Waals surface area contributed by atoms with Crippen molar-refractivity contribution >= 4 is 31.9 Å². The molecule has 0 unspecified atom stereocenters. The zero-order valence-corrected chi connectivity index (χ0v) is 13.2. The van der Waals surface area contributed by atoms with E-state index in [4.69, 9.17) is 9.63 Å². The lowest BCUT2D eigenvalue weighted by Crippen LogP contribution is -2.24. The van der Waals surface area contributed by atoms with Crippen LogP contribution < -0.4 is 4.72 Å². The van der Waals surface area contributed by atoms with E-state index in [0.29, 0.717) is 15.8 Å². The first-order valence-electron chi connectivity index (χ1n) is 5.74. The second-order valence-electron chi connectivity index (χ2n) is 4.21. The smallest absolute Gasteiger partial charge is 0.335 e. The normalized spacial score (nSPS) is 11.5. The largest absolute Gasteiger partial charge is 0.478 e. The first kappa shape index (κ1) is 15.7. The molecule has 1 aromatic heterocycles. The highest BCUT2D eigenvalue weighted by atomic mass is 79.9. The van der Waals surface area contributed by atoms with Crippen LogP contribution in [0.2, 0.25) is 0 Å². The fourth-order valence-electron chi connectivity index (χ4n) is 1.63. The molecule has 0 saturated heterocycles. The summed E-state index contributed by atoms with van der Waals surface area (Å²) in [4.78, 5) is 10.9. The Hall–Kier alpha value is -1.71. The molecule has 0 aliphatic carbocycles. The number of aryl methyl sites for hydroxylation is 1. The molecule has 0 spiro atoms. The van der Waals surface area contributed by atoms with E-state index in [1.54, 1.807) is 6.92 Å². The molecule has 21 heavy (non-hydrogen) atoms. The summed E-state index contributed by atoms with van der Waals surface area (Å²) in [5.74, 6) is -0.849. The highest BCUT2D eigenvalue weighted by Gasteiger charge is 2.21. The molecule has 9 heteroatoms. The SMILES string of the molecule is Cc1cc(C(=O)O)cc(S(=O)(=O)NCc2ccno2)c1Br. The van der Waals surface area contributed by atoms with Gasteiger partial charge in [-0.1, -0.05) is 5.16 Å². The molecule has 0 bridgehead atoms. The van der Waals surface area contributed by atoms with Crippen LogP contribution in [-0.4, -0.2) is 24.7 Å². The zero-order chi connectivity index (χ0) is 15.6. The van der Waals surface area contributed by atoms with Gasteiger partial charge in [0.2, 0.25) is 10.0 Å². The van der Waals surface area contributed by atoms with Gasteiger partial charge in [-0.15, -0.1) is 0 Å². The van der Waals surface area contributed by atoms with E-state index >= 15 is 0 Å². The first-order chi connectivity index (χ1) is 9.81. The molecule has 2 N–H and O–H groups in total. The highest BCUT2D eigenvalue weighted by molar-refractivity contribution is 9.10. The summed E-state index contributed by atoms with van der Waals surface area (Å²) in [6, 6.07) is 4.01. The van der Waals surface area contributed by atoms with Crippen molar-refractivity contribution in [2.75, 3.05) is 0 Å². The molecule has 7 nitrogen and oxygen atoms in total. The summed E-state index contributed by atoms with van der Waals surface area (Å²) < 4.78 is 32.0. The van der Waals surface area contributed by atoms with Crippen LogP contribution >= 0.6 is 15.9 Å². The maximum atomic E-state index is 12.3. The molecular weight excluding hydrogens is 364 g/mol. The molecule has 1 aromatic carbocycles. The fraction of sp³-hybridized carbons (Fsp3) is 0.167. The molecule has 112 valence electrons. The van der Waals surface area contributed by atoms with Gasteiger partial charge in [0.15, 0.2) is 5.76 Å². The molecule has 0 saturated carbocycles. The van der Waals surface area contributed by atoms with Gasteiger partial charge in [0.05, 0.1) is 23.2 Å². The van der Waals surface area contributed by atoms with E-state index < -0.39 is 16.0 Å². The van der Waals surface area contributed by atoms with Gasteiger partial charge in [0.25, 0.3) is 0 Å². The van der Waals surface area contributed by atoms with Gasteiger partial charge in [0, 0.05) is 10.5 Å². The Morgan fingerprint density at radius 2 is 2.19 bits per heavy atom. The van der Waals surface area contributed by atoms with Crippen LogP contribution in [-0.2, 0) is 16.6 Å². The van der Waals surface area contributed by atoms with Crippen molar-refractivity contribution in [3.8, 4) is 0 Å². The van der Waals surface area contributed by atoms with Gasteiger partial charge >= 0.3 is 5.97 Å². The minimum absolute atomic E-state index is 0.0783. The number of rotatable bonds is 5. The molecule has 1 heterocycles. The summed E-state index contributed by atoms with van der Waals surface area (Å²) in [5, 5.41) is 12.5. The Balaban J connectivity index is 2.37. The lowest BCUT2D eigenvalue weighted by molar-refractivity contribution is 0.0696. The van der Waals surface area contributed by atoms with E-state index in [0.717, 1.165) is 6.07 Å². The number of carbonyl (C=O) groups is 1. The predicted octanol–water partition coefficient (Wildman–Crippen LogP) is 1.92. The minimum Gasteiger partial charge on any atom is -0.478 e. The van der Waals surface area contributed by atoms with Crippen molar-refractivity contribution in [3.05, 3.63) is 45.8 Å². The van der Waals surface area contributed by atoms with Crippen LogP contribution in [0.3, 0.4) is 0 Å². The summed E-state index contributed by atoms with van der Waals surface area (Å²) in [5.41, 5.74) is 0.408. The maximum Gasteiger partial charge on any atom is 0.335 e. The topological polar surface area (TPSA) is 110 Å². The number of benzene rings is 1. The number of nitrogens with zero attached hydrogens (tertiary/aromatic N) is 1. The van der Waals surface area contributed by atoms with Gasteiger partial charge in [-0.2, -0.15) is 0 Å². The van der Waals surface area contributed by atoms with Gasteiger partial charge in [-0.25, -0.2) is 17.9 Å². The van der Waals surface area contributed by atoms with Crippen molar-refractivity contribution in [2.24, 2.45) is 0 Å². The molecule has 0 aliphatic heterocycles. The van der Waals surface area contributed by atoms with Gasteiger partial charge < -0.3 is 9.63 Å². The number of nitrogens with one attached hydrogen (secondary N) is 1. The molecule has 0 atom stereocenters. The third-order valence-electron chi connectivity index (χ3n) is 2.69. The monoisotopic (exact) mass is 374 g/mol. The van der Waals surface area contributed by atoms with Gasteiger partial charge in [-0.05, 0) is 40.5 Å². The Morgan fingerprint density at radius 1 is 1.48 bits per heavy atom. The van der Waals surface area contributed by atoms with E-state index in [9.17, 15) is 13.2 Å². The van der Waals surface area contributed by atoms with Crippen molar-refractivity contribution in [2.45, 2.75) is 18.4 Å². The molecule has 0 amide bonds. The molecule has 2 rings (SSSR count). The van der Waals surface area contributed by atoms with Crippen LogP contribution in [0.15, 0.2) is 38.3 Å². The Kier molecular flexibility index (Phi) is 4.45. The standard InChI is InChI=1S/C12H11BrN2O5S/c1-7-4-8(12(16)17)5-10(11(7)13)21(18,19)15-6-9-2-3-14-20-9/h2-5,15H,6H2,1H3,(H,16,17). The van der Waals surface area contributed by atoms with Gasteiger partial charge in [0.1, 0.15) is 0 Å². The maximum absolute atomic E-state index is 12.3. The van der Waals surface area contributed by atoms with Gasteiger partial charge in [-0.3, -0.25) is 0 Å². The number of aromatic carboxylic acids is 1. The Bertz CT molecular complexity index is 771. The minimum atomic E-state index is -3.89. The van der Waals surface area contributed by atoms with Crippen molar-refractivity contribution < 1.29 is 22.8 Å². The van der Waals surface area contributed by atoms with E-state index in [2.05, 4.69) is 25.8 Å². The Morgan fingerprint density at radius 3 is 2.76 bits per heavy atom. The summed E-state index contributed by atoms with van der Waals surface area (Å²) >= 11 is 3.17. The van der Waals surface area contributed by atoms with Crippen LogP contribution in [0.1, 0.15) is 21.7 Å². The Labute approximate surface area is 129 Å². The first-order valence-corrected chi connectivity index (χ1v) is 8.01. The van der Waals surface area contributed by atoms with Crippen molar-refractivity contribution in [1.29, 1.82) is 0 Å². The molecule has 0 radical (unpaired) electrons. The average molecular weight is 375 g/mol. The summed E-state index contributed by atoms with van der Waals surface area (Å²) in [7, 11) is -3.89. The molecule has 0 fully saturated rings.